The van der Waals surface area contributed by atoms with E-state index >= 15 is 0 Å². The molecule has 1 aliphatic heterocycles. The van der Waals surface area contributed by atoms with Gasteiger partial charge in [0.1, 0.15) is 21.7 Å². The third-order valence-electron chi connectivity index (χ3n) is 4.96. The number of carbonyl (C=O) groups excluding carboxylic acids is 1. The van der Waals surface area contributed by atoms with E-state index in [1.807, 2.05) is 0 Å². The van der Waals surface area contributed by atoms with Gasteiger partial charge in [0.2, 0.25) is 10.0 Å². The molecule has 0 unspecified atom stereocenters. The molecule has 0 radical (unpaired) electrons. The number of ether oxygens (including phenoxy) is 1. The first-order valence-electron chi connectivity index (χ1n) is 9.62. The van der Waals surface area contributed by atoms with Crippen molar-refractivity contribution in [2.24, 2.45) is 0 Å². The van der Waals surface area contributed by atoms with Gasteiger partial charge in [-0.1, -0.05) is 18.2 Å². The molecule has 0 spiro atoms. The molecule has 0 saturated carbocycles. The van der Waals surface area contributed by atoms with Crippen molar-refractivity contribution < 1.29 is 26.7 Å². The third-order valence-corrected chi connectivity index (χ3v) is 7.43. The number of benzene rings is 2. The average molecular weight is 484 g/mol. The molecule has 2 amide bonds. The first-order valence-corrected chi connectivity index (χ1v) is 11.8. The number of aromatic nitrogens is 2. The Morgan fingerprint density at radius 2 is 1.88 bits per heavy atom. The van der Waals surface area contributed by atoms with Crippen LogP contribution in [-0.2, 0) is 16.6 Å². The van der Waals surface area contributed by atoms with E-state index in [0.717, 1.165) is 11.7 Å². The summed E-state index contributed by atoms with van der Waals surface area (Å²) >= 11 is 0.952. The zero-order valence-electron chi connectivity index (χ0n) is 16.6. The van der Waals surface area contributed by atoms with E-state index < -0.39 is 16.6 Å². The van der Waals surface area contributed by atoms with Gasteiger partial charge in [0.15, 0.2) is 0 Å². The monoisotopic (exact) mass is 483 g/mol. The highest BCUT2D eigenvalue weighted by Crippen LogP contribution is 2.25. The van der Waals surface area contributed by atoms with E-state index in [4.69, 9.17) is 0 Å². The van der Waals surface area contributed by atoms with Crippen molar-refractivity contribution in [3.8, 4) is 5.75 Å². The van der Waals surface area contributed by atoms with Crippen molar-refractivity contribution in [1.29, 1.82) is 0 Å². The number of alkyl halides is 2. The Labute approximate surface area is 187 Å². The molecule has 170 valence electrons. The second-order valence-electron chi connectivity index (χ2n) is 6.96. The molecule has 2 aromatic carbocycles. The summed E-state index contributed by atoms with van der Waals surface area (Å²) in [5.74, 6) is 0.0101. The van der Waals surface area contributed by atoms with E-state index in [1.165, 1.54) is 27.4 Å². The Balaban J connectivity index is 1.34. The second kappa shape index (κ2) is 9.30. The zero-order chi connectivity index (χ0) is 22.7. The van der Waals surface area contributed by atoms with Gasteiger partial charge in [-0.3, -0.25) is 0 Å². The number of hydrogen-bond acceptors (Lipinski definition) is 7. The quantitative estimate of drug-likeness (QED) is 0.578. The normalized spacial score (nSPS) is 15.3. The molecule has 1 aromatic heterocycles. The molecule has 3 aromatic rings. The van der Waals surface area contributed by atoms with E-state index in [1.54, 1.807) is 24.3 Å². The average Bonchev–Trinajstić information content (AvgIpc) is 3.26. The lowest BCUT2D eigenvalue weighted by molar-refractivity contribution is -0.0498. The maximum atomic E-state index is 13.1. The number of piperazine rings is 1. The van der Waals surface area contributed by atoms with Gasteiger partial charge in [-0.25, -0.2) is 13.2 Å². The van der Waals surface area contributed by atoms with Crippen molar-refractivity contribution >= 4 is 38.8 Å². The molecule has 2 heterocycles. The number of fused-ring (bicyclic) bond motifs is 1. The summed E-state index contributed by atoms with van der Waals surface area (Å²) in [6.07, 6.45) is 0. The van der Waals surface area contributed by atoms with Crippen LogP contribution in [0.2, 0.25) is 0 Å². The van der Waals surface area contributed by atoms with Crippen LogP contribution in [0.5, 0.6) is 5.75 Å². The molecule has 1 aliphatic rings. The van der Waals surface area contributed by atoms with Crippen LogP contribution in [0.25, 0.3) is 11.0 Å². The largest absolute Gasteiger partial charge is 0.435 e. The fourth-order valence-electron chi connectivity index (χ4n) is 3.38. The van der Waals surface area contributed by atoms with E-state index in [9.17, 15) is 22.0 Å². The summed E-state index contributed by atoms with van der Waals surface area (Å²) in [6, 6.07) is 10.5. The second-order valence-corrected chi connectivity index (χ2v) is 9.40. The molecule has 0 aliphatic carbocycles. The number of carbonyl (C=O) groups is 1. The van der Waals surface area contributed by atoms with Crippen LogP contribution >= 0.6 is 11.7 Å². The van der Waals surface area contributed by atoms with Gasteiger partial charge >= 0.3 is 12.6 Å². The highest BCUT2D eigenvalue weighted by atomic mass is 32.2. The molecule has 1 N–H and O–H groups in total. The number of nitrogens with one attached hydrogen (secondary N) is 1. The molecule has 0 atom stereocenters. The minimum absolute atomic E-state index is 0.0101. The fraction of sp³-hybridized carbons (Fsp3) is 0.316. The molecule has 32 heavy (non-hydrogen) atoms. The molecule has 4 rings (SSSR count). The van der Waals surface area contributed by atoms with Crippen LogP contribution < -0.4 is 10.1 Å². The minimum atomic E-state index is -3.77. The van der Waals surface area contributed by atoms with Crippen molar-refractivity contribution in [3.63, 3.8) is 0 Å². The lowest BCUT2D eigenvalue weighted by Crippen LogP contribution is -2.53. The predicted octanol–water partition coefficient (Wildman–Crippen LogP) is 2.51. The molecule has 13 heteroatoms. The van der Waals surface area contributed by atoms with E-state index in [0.29, 0.717) is 16.6 Å². The Morgan fingerprint density at radius 3 is 2.62 bits per heavy atom. The van der Waals surface area contributed by atoms with Crippen molar-refractivity contribution in [3.05, 3.63) is 48.0 Å². The highest BCUT2D eigenvalue weighted by Gasteiger charge is 2.31. The summed E-state index contributed by atoms with van der Waals surface area (Å²) < 4.78 is 64.7. The molecular formula is C19H19F2N5O4S2. The zero-order valence-corrected chi connectivity index (χ0v) is 18.3. The lowest BCUT2D eigenvalue weighted by Gasteiger charge is -2.34. The summed E-state index contributed by atoms with van der Waals surface area (Å²) in [6.45, 7) is -2.10. The van der Waals surface area contributed by atoms with Gasteiger partial charge in [0, 0.05) is 32.7 Å². The third kappa shape index (κ3) is 4.79. The number of hydrogen-bond donors (Lipinski definition) is 1. The van der Waals surface area contributed by atoms with Gasteiger partial charge < -0.3 is 15.0 Å². The molecule has 0 bridgehead atoms. The topological polar surface area (TPSA) is 105 Å². The first-order chi connectivity index (χ1) is 15.3. The number of amides is 2. The molecule has 1 saturated heterocycles. The van der Waals surface area contributed by atoms with Crippen LogP contribution in [0.4, 0.5) is 13.6 Å². The van der Waals surface area contributed by atoms with Crippen molar-refractivity contribution in [2.45, 2.75) is 18.1 Å². The lowest BCUT2D eigenvalue weighted by atomic mass is 10.2. The number of nitrogens with zero attached hydrogens (tertiary/aromatic N) is 4. The van der Waals surface area contributed by atoms with E-state index in [-0.39, 0.29) is 49.4 Å². The Morgan fingerprint density at radius 1 is 1.12 bits per heavy atom. The van der Waals surface area contributed by atoms with Crippen LogP contribution in [0.15, 0.2) is 47.4 Å². The van der Waals surface area contributed by atoms with Crippen molar-refractivity contribution in [2.75, 3.05) is 26.2 Å². The standard InChI is InChI=1S/C19H19F2N5O4S2/c20-18(21)30-14-4-1-3-13(11-14)12-22-19(27)25-7-9-26(10-8-25)32(28,29)16-6-2-5-15-17(16)24-31-23-15/h1-6,11,18H,7-10,12H2,(H,22,27). The smallest absolute Gasteiger partial charge is 0.387 e. The van der Waals surface area contributed by atoms with Crippen LogP contribution in [0.3, 0.4) is 0 Å². The van der Waals surface area contributed by atoms with Gasteiger partial charge in [-0.05, 0) is 29.8 Å². The molecular weight excluding hydrogens is 464 g/mol. The number of rotatable bonds is 6. The first kappa shape index (κ1) is 22.3. The van der Waals surface area contributed by atoms with Crippen LogP contribution in [0.1, 0.15) is 5.56 Å². The Hall–Kier alpha value is -2.90. The maximum Gasteiger partial charge on any atom is 0.387 e. The van der Waals surface area contributed by atoms with E-state index in [2.05, 4.69) is 18.8 Å². The van der Waals surface area contributed by atoms with Crippen molar-refractivity contribution in [1.82, 2.24) is 23.3 Å². The highest BCUT2D eigenvalue weighted by molar-refractivity contribution is 7.89. The Kier molecular flexibility index (Phi) is 6.48. The molecule has 9 nitrogen and oxygen atoms in total. The number of halogens is 2. The summed E-state index contributed by atoms with van der Waals surface area (Å²) in [7, 11) is -3.77. The van der Waals surface area contributed by atoms with Gasteiger partial charge in [-0.2, -0.15) is 21.8 Å². The summed E-state index contributed by atoms with van der Waals surface area (Å²) in [4.78, 5) is 14.1. The Bertz CT molecular complexity index is 1210. The fourth-order valence-corrected chi connectivity index (χ4v) is 5.56. The van der Waals surface area contributed by atoms with Crippen LogP contribution in [0, 0.1) is 0 Å². The SMILES string of the molecule is O=C(NCc1cccc(OC(F)F)c1)N1CCN(S(=O)(=O)c2cccc3nsnc23)CC1. The summed E-state index contributed by atoms with van der Waals surface area (Å²) in [5.41, 5.74) is 1.47. The molecule has 1 fully saturated rings. The number of sulfonamides is 1. The van der Waals surface area contributed by atoms with Gasteiger partial charge in [-0.15, -0.1) is 0 Å². The minimum Gasteiger partial charge on any atom is -0.435 e. The van der Waals surface area contributed by atoms with Crippen LogP contribution in [-0.4, -0.2) is 65.2 Å². The van der Waals surface area contributed by atoms with Gasteiger partial charge in [0.05, 0.1) is 11.7 Å². The predicted molar refractivity (Wildman–Crippen MR) is 113 cm³/mol. The van der Waals surface area contributed by atoms with Gasteiger partial charge in [0.25, 0.3) is 0 Å². The number of urea groups is 1. The maximum absolute atomic E-state index is 13.1. The summed E-state index contributed by atoms with van der Waals surface area (Å²) in [5, 5.41) is 2.71.